The molecule has 0 aliphatic carbocycles. The fourth-order valence-corrected chi connectivity index (χ4v) is 2.54. The van der Waals surface area contributed by atoms with Gasteiger partial charge in [0.1, 0.15) is 5.41 Å². The molecular weight excluding hydrogens is 292 g/mol. The number of nitrogens with two attached hydrogens (primary N) is 1. The van der Waals surface area contributed by atoms with Crippen molar-refractivity contribution in [3.05, 3.63) is 34.9 Å². The van der Waals surface area contributed by atoms with Crippen LogP contribution in [0.15, 0.2) is 29.4 Å². The molecule has 1 aromatic carbocycles. The minimum atomic E-state index is -0.938. The molecule has 1 aliphatic rings. The van der Waals surface area contributed by atoms with E-state index in [1.54, 1.807) is 45.3 Å². The molecule has 1 aliphatic heterocycles. The summed E-state index contributed by atoms with van der Waals surface area (Å²) in [6.45, 7) is 1.88. The van der Waals surface area contributed by atoms with Crippen molar-refractivity contribution in [2.75, 3.05) is 20.6 Å². The van der Waals surface area contributed by atoms with Gasteiger partial charge in [0.25, 0.3) is 0 Å². The van der Waals surface area contributed by atoms with Gasteiger partial charge in [-0.3, -0.25) is 4.79 Å². The first-order chi connectivity index (χ1) is 9.75. The van der Waals surface area contributed by atoms with Gasteiger partial charge in [-0.2, -0.15) is 5.10 Å². The number of benzene rings is 1. The second-order valence-electron chi connectivity index (χ2n) is 5.38. The highest BCUT2D eigenvalue weighted by Gasteiger charge is 2.47. The van der Waals surface area contributed by atoms with Crippen molar-refractivity contribution >= 4 is 29.3 Å². The van der Waals surface area contributed by atoms with E-state index in [4.69, 9.17) is 17.3 Å². The van der Waals surface area contributed by atoms with Gasteiger partial charge >= 0.3 is 6.03 Å². The Kier molecular flexibility index (Phi) is 3.91. The Bertz CT molecular complexity index is 612. The summed E-state index contributed by atoms with van der Waals surface area (Å²) in [7, 11) is 3.33. The number of hydrogen-bond donors (Lipinski definition) is 1. The number of hydrogen-bond acceptors (Lipinski definition) is 3. The Morgan fingerprint density at radius 3 is 2.38 bits per heavy atom. The second kappa shape index (κ2) is 5.37. The molecule has 1 heterocycles. The average Bonchev–Trinajstić information content (AvgIpc) is 2.78. The van der Waals surface area contributed by atoms with Crippen LogP contribution in [0.3, 0.4) is 0 Å². The first-order valence-electron chi connectivity index (χ1n) is 6.39. The zero-order chi connectivity index (χ0) is 15.8. The number of amides is 3. The normalized spacial score (nSPS) is 21.1. The molecule has 1 atom stereocenters. The largest absolute Gasteiger partial charge is 0.350 e. The summed E-state index contributed by atoms with van der Waals surface area (Å²) in [5.41, 5.74) is 5.60. The third-order valence-electron chi connectivity index (χ3n) is 3.46. The zero-order valence-electron chi connectivity index (χ0n) is 12.1. The third kappa shape index (κ3) is 2.71. The first-order valence-corrected chi connectivity index (χ1v) is 6.77. The van der Waals surface area contributed by atoms with Crippen molar-refractivity contribution in [3.8, 4) is 0 Å². The van der Waals surface area contributed by atoms with Gasteiger partial charge in [-0.25, -0.2) is 9.80 Å². The predicted molar refractivity (Wildman–Crippen MR) is 81.1 cm³/mol. The van der Waals surface area contributed by atoms with Crippen molar-refractivity contribution in [2.45, 2.75) is 6.92 Å². The maximum absolute atomic E-state index is 12.5. The summed E-state index contributed by atoms with van der Waals surface area (Å²) in [4.78, 5) is 25.4. The number of nitrogens with zero attached hydrogens (tertiary/aromatic N) is 3. The molecule has 2 N–H and O–H groups in total. The van der Waals surface area contributed by atoms with E-state index in [1.807, 2.05) is 0 Å². The van der Waals surface area contributed by atoms with Gasteiger partial charge in [0.05, 0.1) is 12.3 Å². The molecule has 1 aromatic rings. The molecule has 0 radical (unpaired) electrons. The molecule has 0 fully saturated rings. The van der Waals surface area contributed by atoms with Crippen LogP contribution in [-0.2, 0) is 4.79 Å². The van der Waals surface area contributed by atoms with Crippen LogP contribution in [0.2, 0.25) is 5.02 Å². The molecule has 6 nitrogen and oxygen atoms in total. The van der Waals surface area contributed by atoms with Crippen molar-refractivity contribution in [1.82, 2.24) is 9.91 Å². The molecule has 1 unspecified atom stereocenters. The maximum atomic E-state index is 12.5. The Morgan fingerprint density at radius 2 is 1.90 bits per heavy atom. The van der Waals surface area contributed by atoms with Crippen LogP contribution in [0.1, 0.15) is 12.5 Å². The molecule has 3 amide bonds. The average molecular weight is 309 g/mol. The lowest BCUT2D eigenvalue weighted by molar-refractivity contribution is -0.134. The number of halogens is 1. The molecule has 7 heteroatoms. The van der Waals surface area contributed by atoms with Crippen molar-refractivity contribution in [1.29, 1.82) is 0 Å². The Hall–Kier alpha value is -2.08. The van der Waals surface area contributed by atoms with E-state index in [-0.39, 0.29) is 12.5 Å². The van der Waals surface area contributed by atoms with Crippen molar-refractivity contribution in [3.63, 3.8) is 0 Å². The number of primary amides is 1. The standard InChI is InChI=1S/C14H17ClN4O2/c1-14(12(20)18(2)3)8-19(13(16)21)17-11(14)9-4-6-10(15)7-5-9/h4-7H,8H2,1-3H3,(H2,16,21). The van der Waals surface area contributed by atoms with Crippen molar-refractivity contribution < 1.29 is 9.59 Å². The number of hydrazone groups is 1. The monoisotopic (exact) mass is 308 g/mol. The summed E-state index contributed by atoms with van der Waals surface area (Å²) >= 11 is 5.88. The van der Waals surface area contributed by atoms with Crippen molar-refractivity contribution in [2.24, 2.45) is 16.3 Å². The first kappa shape index (κ1) is 15.3. The summed E-state index contributed by atoms with van der Waals surface area (Å²) < 4.78 is 0. The van der Waals surface area contributed by atoms with Crippen LogP contribution in [-0.4, -0.2) is 48.2 Å². The van der Waals surface area contributed by atoms with Crippen LogP contribution in [0.4, 0.5) is 4.79 Å². The molecule has 0 bridgehead atoms. The highest BCUT2D eigenvalue weighted by Crippen LogP contribution is 2.33. The summed E-state index contributed by atoms with van der Waals surface area (Å²) in [5, 5.41) is 5.93. The smallest absolute Gasteiger partial charge is 0.335 e. The molecular formula is C14H17ClN4O2. The summed E-state index contributed by atoms with van der Waals surface area (Å²) in [6, 6.07) is 6.29. The molecule has 0 saturated heterocycles. The zero-order valence-corrected chi connectivity index (χ0v) is 12.9. The lowest BCUT2D eigenvalue weighted by atomic mass is 9.81. The SMILES string of the molecule is CN(C)C(=O)C1(C)CN(C(N)=O)N=C1c1ccc(Cl)cc1. The van der Waals surface area contributed by atoms with Crippen LogP contribution >= 0.6 is 11.6 Å². The molecule has 2 rings (SSSR count). The van der Waals surface area contributed by atoms with E-state index in [0.29, 0.717) is 10.7 Å². The molecule has 0 aromatic heterocycles. The predicted octanol–water partition coefficient (Wildman–Crippen LogP) is 1.53. The van der Waals surface area contributed by atoms with Crippen LogP contribution < -0.4 is 5.73 Å². The van der Waals surface area contributed by atoms with E-state index in [0.717, 1.165) is 10.6 Å². The Labute approximate surface area is 128 Å². The third-order valence-corrected chi connectivity index (χ3v) is 3.71. The maximum Gasteiger partial charge on any atom is 0.335 e. The lowest BCUT2D eigenvalue weighted by Gasteiger charge is -2.28. The van der Waals surface area contributed by atoms with Gasteiger partial charge in [-0.15, -0.1) is 0 Å². The molecule has 0 spiro atoms. The molecule has 21 heavy (non-hydrogen) atoms. The fraction of sp³-hybridized carbons (Fsp3) is 0.357. The quantitative estimate of drug-likeness (QED) is 0.899. The minimum Gasteiger partial charge on any atom is -0.350 e. The van der Waals surface area contributed by atoms with Gasteiger partial charge < -0.3 is 10.6 Å². The van der Waals surface area contributed by atoms with E-state index >= 15 is 0 Å². The summed E-state index contributed by atoms with van der Waals surface area (Å²) in [6.07, 6.45) is 0. The number of carbonyl (C=O) groups excluding carboxylic acids is 2. The fourth-order valence-electron chi connectivity index (χ4n) is 2.41. The van der Waals surface area contributed by atoms with Gasteiger partial charge in [0, 0.05) is 19.1 Å². The highest BCUT2D eigenvalue weighted by molar-refractivity contribution is 6.30. The van der Waals surface area contributed by atoms with Gasteiger partial charge in [0.2, 0.25) is 5.91 Å². The van der Waals surface area contributed by atoms with E-state index in [9.17, 15) is 9.59 Å². The highest BCUT2D eigenvalue weighted by atomic mass is 35.5. The molecule has 0 saturated carbocycles. The molecule has 112 valence electrons. The van der Waals surface area contributed by atoms with Crippen LogP contribution in [0, 0.1) is 5.41 Å². The number of urea groups is 1. The number of carbonyl (C=O) groups is 2. The summed E-state index contributed by atoms with van der Waals surface area (Å²) in [5.74, 6) is -0.139. The van der Waals surface area contributed by atoms with Gasteiger partial charge in [-0.1, -0.05) is 23.7 Å². The Balaban J connectivity index is 2.50. The van der Waals surface area contributed by atoms with Gasteiger partial charge in [-0.05, 0) is 24.6 Å². The van der Waals surface area contributed by atoms with Crippen LogP contribution in [0.25, 0.3) is 0 Å². The van der Waals surface area contributed by atoms with Gasteiger partial charge in [0.15, 0.2) is 0 Å². The Morgan fingerprint density at radius 1 is 1.33 bits per heavy atom. The van der Waals surface area contributed by atoms with E-state index in [1.165, 1.54) is 4.90 Å². The van der Waals surface area contributed by atoms with E-state index < -0.39 is 11.4 Å². The minimum absolute atomic E-state index is 0.122. The van der Waals surface area contributed by atoms with Crippen LogP contribution in [0.5, 0.6) is 0 Å². The second-order valence-corrected chi connectivity index (χ2v) is 5.82. The number of rotatable bonds is 2. The van der Waals surface area contributed by atoms with E-state index in [2.05, 4.69) is 5.10 Å². The lowest BCUT2D eigenvalue weighted by Crippen LogP contribution is -2.47. The topological polar surface area (TPSA) is 79.0 Å².